The van der Waals surface area contributed by atoms with Crippen molar-refractivity contribution in [3.8, 4) is 0 Å². The number of H-pyrrole nitrogens is 1. The smallest absolute Gasteiger partial charge is 0.338 e. The van der Waals surface area contributed by atoms with E-state index in [4.69, 9.17) is 4.74 Å². The third-order valence-electron chi connectivity index (χ3n) is 6.27. The van der Waals surface area contributed by atoms with Gasteiger partial charge in [0.1, 0.15) is 5.82 Å². The molecule has 1 aliphatic heterocycles. The van der Waals surface area contributed by atoms with E-state index in [0.29, 0.717) is 31.7 Å². The van der Waals surface area contributed by atoms with Crippen LogP contribution in [0.15, 0.2) is 42.6 Å². The fraction of sp³-hybridized carbons (Fsp3) is 0.375. The molecule has 1 fully saturated rings. The average molecular weight is 418 g/mol. The third-order valence-corrected chi connectivity index (χ3v) is 6.27. The Labute approximate surface area is 181 Å². The molecule has 2 aromatic heterocycles. The largest absolute Gasteiger partial charge is 0.452 e. The maximum Gasteiger partial charge on any atom is 0.338 e. The van der Waals surface area contributed by atoms with Gasteiger partial charge in [0.25, 0.3) is 5.91 Å². The first-order valence-corrected chi connectivity index (χ1v) is 10.9. The molecule has 5 rings (SSSR count). The number of amides is 1. The van der Waals surface area contributed by atoms with Gasteiger partial charge < -0.3 is 19.5 Å². The molecule has 1 aliphatic carbocycles. The van der Waals surface area contributed by atoms with Crippen LogP contribution in [0.1, 0.15) is 34.5 Å². The van der Waals surface area contributed by atoms with Crippen LogP contribution in [0.4, 0.5) is 5.82 Å². The second-order valence-corrected chi connectivity index (χ2v) is 8.18. The highest BCUT2D eigenvalue weighted by Gasteiger charge is 2.23. The van der Waals surface area contributed by atoms with Gasteiger partial charge in [-0.1, -0.05) is 6.07 Å². The number of hydrogen-bond acceptors (Lipinski definition) is 5. The topological polar surface area (TPSA) is 78.5 Å². The van der Waals surface area contributed by atoms with Crippen LogP contribution in [0.3, 0.4) is 0 Å². The van der Waals surface area contributed by atoms with Gasteiger partial charge in [-0.3, -0.25) is 4.79 Å². The first-order chi connectivity index (χ1) is 15.2. The Bertz CT molecular complexity index is 1100. The van der Waals surface area contributed by atoms with Gasteiger partial charge in [-0.05, 0) is 61.6 Å². The van der Waals surface area contributed by atoms with Crippen LogP contribution < -0.4 is 4.90 Å². The van der Waals surface area contributed by atoms with Gasteiger partial charge in [-0.15, -0.1) is 0 Å². The number of aromatic nitrogens is 2. The minimum Gasteiger partial charge on any atom is -0.452 e. The standard InChI is InChI=1S/C24H26N4O3/c29-23(28-13-11-27(12-14-28)22-7-3-4-10-25-22)16-31-24(30)17-8-9-21-19(15-17)18-5-1-2-6-20(18)26-21/h3-4,7-10,15,26H,1-2,5-6,11-14,16H2. The second-order valence-electron chi connectivity index (χ2n) is 8.18. The van der Waals surface area contributed by atoms with Crippen LogP contribution in [0.5, 0.6) is 0 Å². The number of carbonyl (C=O) groups is 2. The average Bonchev–Trinajstić information content (AvgIpc) is 3.21. The Morgan fingerprint density at radius 3 is 2.68 bits per heavy atom. The number of aryl methyl sites for hydroxylation is 2. The zero-order valence-corrected chi connectivity index (χ0v) is 17.5. The number of nitrogens with zero attached hydrogens (tertiary/aromatic N) is 3. The number of ether oxygens (including phenoxy) is 1. The summed E-state index contributed by atoms with van der Waals surface area (Å²) in [5, 5.41) is 1.10. The molecule has 2 aliphatic rings. The number of nitrogens with one attached hydrogen (secondary N) is 1. The molecule has 31 heavy (non-hydrogen) atoms. The van der Waals surface area contributed by atoms with Crippen LogP contribution in [0.2, 0.25) is 0 Å². The summed E-state index contributed by atoms with van der Waals surface area (Å²) in [7, 11) is 0. The van der Waals surface area contributed by atoms with Crippen LogP contribution in [0.25, 0.3) is 10.9 Å². The molecule has 1 amide bonds. The Kier molecular flexibility index (Phi) is 5.32. The molecule has 3 heterocycles. The van der Waals surface area contributed by atoms with Gasteiger partial charge in [0.2, 0.25) is 0 Å². The molecular weight excluding hydrogens is 392 g/mol. The van der Waals surface area contributed by atoms with Gasteiger partial charge in [-0.25, -0.2) is 9.78 Å². The summed E-state index contributed by atoms with van der Waals surface area (Å²) >= 11 is 0. The number of esters is 1. The van der Waals surface area contributed by atoms with E-state index in [9.17, 15) is 9.59 Å². The Balaban J connectivity index is 1.17. The molecule has 0 radical (unpaired) electrons. The van der Waals surface area contributed by atoms with E-state index in [2.05, 4.69) is 14.9 Å². The lowest BCUT2D eigenvalue weighted by atomic mass is 9.95. The zero-order valence-electron chi connectivity index (χ0n) is 17.5. The van der Waals surface area contributed by atoms with E-state index < -0.39 is 5.97 Å². The van der Waals surface area contributed by atoms with Gasteiger partial charge in [0.05, 0.1) is 5.56 Å². The first kappa shape index (κ1) is 19.6. The fourth-order valence-corrected chi connectivity index (χ4v) is 4.56. The highest BCUT2D eigenvalue weighted by Crippen LogP contribution is 2.29. The number of piperazine rings is 1. The van der Waals surface area contributed by atoms with Gasteiger partial charge in [0.15, 0.2) is 6.61 Å². The Morgan fingerprint density at radius 1 is 1.03 bits per heavy atom. The predicted molar refractivity (Wildman–Crippen MR) is 118 cm³/mol. The van der Waals surface area contributed by atoms with E-state index >= 15 is 0 Å². The lowest BCUT2D eigenvalue weighted by Crippen LogP contribution is -2.50. The number of rotatable bonds is 4. The summed E-state index contributed by atoms with van der Waals surface area (Å²) < 4.78 is 5.36. The van der Waals surface area contributed by atoms with Gasteiger partial charge in [0, 0.05) is 49.0 Å². The van der Waals surface area contributed by atoms with Crippen molar-refractivity contribution in [1.29, 1.82) is 0 Å². The first-order valence-electron chi connectivity index (χ1n) is 10.9. The summed E-state index contributed by atoms with van der Waals surface area (Å²) in [6.45, 7) is 2.38. The molecule has 160 valence electrons. The summed E-state index contributed by atoms with van der Waals surface area (Å²) in [5.41, 5.74) is 4.16. The summed E-state index contributed by atoms with van der Waals surface area (Å²) in [6.07, 6.45) is 6.25. The maximum absolute atomic E-state index is 12.6. The highest BCUT2D eigenvalue weighted by atomic mass is 16.5. The molecule has 0 bridgehead atoms. The number of aromatic amines is 1. The quantitative estimate of drug-likeness (QED) is 0.659. The van der Waals surface area contributed by atoms with E-state index in [1.54, 1.807) is 17.2 Å². The number of benzene rings is 1. The molecule has 0 atom stereocenters. The number of fused-ring (bicyclic) bond motifs is 3. The molecule has 1 saturated heterocycles. The molecule has 1 N–H and O–H groups in total. The molecule has 0 saturated carbocycles. The van der Waals surface area contributed by atoms with Crippen molar-refractivity contribution < 1.29 is 14.3 Å². The number of hydrogen-bond donors (Lipinski definition) is 1. The number of pyridine rings is 1. The fourth-order valence-electron chi connectivity index (χ4n) is 4.56. The van der Waals surface area contributed by atoms with E-state index in [-0.39, 0.29) is 12.5 Å². The highest BCUT2D eigenvalue weighted by molar-refractivity contribution is 5.97. The van der Waals surface area contributed by atoms with Crippen molar-refractivity contribution in [2.45, 2.75) is 25.7 Å². The molecule has 7 heteroatoms. The van der Waals surface area contributed by atoms with Crippen molar-refractivity contribution in [1.82, 2.24) is 14.9 Å². The van der Waals surface area contributed by atoms with Gasteiger partial charge >= 0.3 is 5.97 Å². The van der Waals surface area contributed by atoms with E-state index in [1.165, 1.54) is 24.1 Å². The third kappa shape index (κ3) is 4.00. The SMILES string of the molecule is O=C(OCC(=O)N1CCN(c2ccccn2)CC1)c1ccc2[nH]c3c(c2c1)CCCC3. The molecule has 0 spiro atoms. The maximum atomic E-state index is 12.6. The van der Waals surface area contributed by atoms with Crippen LogP contribution >= 0.6 is 0 Å². The Morgan fingerprint density at radius 2 is 1.87 bits per heavy atom. The summed E-state index contributed by atoms with van der Waals surface area (Å²) in [6, 6.07) is 11.4. The predicted octanol–water partition coefficient (Wildman–Crippen LogP) is 2.95. The van der Waals surface area contributed by atoms with E-state index in [1.807, 2.05) is 30.3 Å². The lowest BCUT2D eigenvalue weighted by molar-refractivity contribution is -0.134. The molecular formula is C24H26N4O3. The summed E-state index contributed by atoms with van der Waals surface area (Å²) in [4.78, 5) is 36.9. The molecule has 7 nitrogen and oxygen atoms in total. The zero-order chi connectivity index (χ0) is 21.2. The monoisotopic (exact) mass is 418 g/mol. The minimum atomic E-state index is -0.451. The molecule has 3 aromatic rings. The van der Waals surface area contributed by atoms with E-state index in [0.717, 1.165) is 29.6 Å². The van der Waals surface area contributed by atoms with Crippen molar-refractivity contribution >= 4 is 28.6 Å². The number of anilines is 1. The van der Waals surface area contributed by atoms with Crippen LogP contribution in [-0.4, -0.2) is 59.5 Å². The normalized spacial score (nSPS) is 16.3. The van der Waals surface area contributed by atoms with Crippen molar-refractivity contribution in [3.05, 3.63) is 59.4 Å². The van der Waals surface area contributed by atoms with Gasteiger partial charge in [-0.2, -0.15) is 0 Å². The van der Waals surface area contributed by atoms with Crippen molar-refractivity contribution in [3.63, 3.8) is 0 Å². The summed E-state index contributed by atoms with van der Waals surface area (Å²) in [5.74, 6) is 0.311. The minimum absolute atomic E-state index is 0.158. The molecule has 0 unspecified atom stereocenters. The lowest BCUT2D eigenvalue weighted by Gasteiger charge is -2.35. The van der Waals surface area contributed by atoms with Crippen LogP contribution in [0, 0.1) is 0 Å². The molecule has 1 aromatic carbocycles. The van der Waals surface area contributed by atoms with Crippen molar-refractivity contribution in [2.24, 2.45) is 0 Å². The Hall–Kier alpha value is -3.35. The second kappa shape index (κ2) is 8.41. The van der Waals surface area contributed by atoms with Crippen LogP contribution in [-0.2, 0) is 22.4 Å². The van der Waals surface area contributed by atoms with Crippen molar-refractivity contribution in [2.75, 3.05) is 37.7 Å². The number of carbonyl (C=O) groups excluding carboxylic acids is 2.